The van der Waals surface area contributed by atoms with Crippen molar-refractivity contribution in [3.63, 3.8) is 0 Å². The van der Waals surface area contributed by atoms with Gasteiger partial charge >= 0.3 is 12.1 Å². The number of aromatic hydroxyl groups is 1. The van der Waals surface area contributed by atoms with Gasteiger partial charge in [0.05, 0.1) is 18.8 Å². The summed E-state index contributed by atoms with van der Waals surface area (Å²) >= 11 is 0. The number of aromatic nitrogens is 1. The SMILES string of the molecule is Cc1ncc(CO)c(CNC(=O)OC(C)OC(=O)CCCC[C@]2(C)CCSS2)c1O. The monoisotopic (exact) mass is 458 g/mol. The average Bonchev–Trinajstić information content (AvgIpc) is 3.13. The molecule has 168 valence electrons. The third-order valence-electron chi connectivity index (χ3n) is 4.89. The number of rotatable bonds is 10. The van der Waals surface area contributed by atoms with E-state index in [0.717, 1.165) is 19.3 Å². The molecule has 0 spiro atoms. The van der Waals surface area contributed by atoms with Crippen LogP contribution in [0.25, 0.3) is 0 Å². The second kappa shape index (κ2) is 11.7. The number of esters is 1. The molecule has 1 amide bonds. The minimum atomic E-state index is -1.03. The number of hydrogen-bond acceptors (Lipinski definition) is 9. The summed E-state index contributed by atoms with van der Waals surface area (Å²) in [6, 6.07) is 0. The van der Waals surface area contributed by atoms with Crippen LogP contribution < -0.4 is 5.32 Å². The summed E-state index contributed by atoms with van der Waals surface area (Å²) in [5.41, 5.74) is 1.15. The molecule has 1 aromatic rings. The summed E-state index contributed by atoms with van der Waals surface area (Å²) in [4.78, 5) is 27.9. The molecule has 8 nitrogen and oxygen atoms in total. The molecule has 1 aliphatic heterocycles. The van der Waals surface area contributed by atoms with Crippen LogP contribution in [0.5, 0.6) is 5.75 Å². The van der Waals surface area contributed by atoms with Crippen molar-refractivity contribution >= 4 is 33.7 Å². The lowest BCUT2D eigenvalue weighted by Gasteiger charge is -2.21. The first-order valence-corrected chi connectivity index (χ1v) is 12.3. The van der Waals surface area contributed by atoms with E-state index >= 15 is 0 Å². The molecule has 1 fully saturated rings. The Morgan fingerprint density at radius 3 is 2.80 bits per heavy atom. The van der Waals surface area contributed by atoms with Gasteiger partial charge in [0.15, 0.2) is 0 Å². The molecule has 1 aliphatic rings. The number of ether oxygens (including phenoxy) is 2. The molecular weight excluding hydrogens is 428 g/mol. The predicted octanol–water partition coefficient (Wildman–Crippen LogP) is 3.81. The van der Waals surface area contributed by atoms with Crippen LogP contribution in [0, 0.1) is 6.92 Å². The Bertz CT molecular complexity index is 740. The molecule has 0 radical (unpaired) electrons. The van der Waals surface area contributed by atoms with Crippen molar-refractivity contribution in [2.45, 2.75) is 77.1 Å². The number of aryl methyl sites for hydroxylation is 1. The highest BCUT2D eigenvalue weighted by Gasteiger charge is 2.29. The minimum absolute atomic E-state index is 0.0559. The van der Waals surface area contributed by atoms with E-state index in [1.54, 1.807) is 6.92 Å². The molecule has 30 heavy (non-hydrogen) atoms. The predicted molar refractivity (Wildman–Crippen MR) is 117 cm³/mol. The second-order valence-corrected chi connectivity index (χ2v) is 10.5. The molecule has 0 aliphatic carbocycles. The number of nitrogens with zero attached hydrogens (tertiary/aromatic N) is 1. The lowest BCUT2D eigenvalue weighted by molar-refractivity contribution is -0.165. The number of carbonyl (C=O) groups is 2. The maximum absolute atomic E-state index is 12.0. The van der Waals surface area contributed by atoms with Crippen LogP contribution in [0.4, 0.5) is 4.79 Å². The van der Waals surface area contributed by atoms with E-state index in [1.165, 1.54) is 25.3 Å². The van der Waals surface area contributed by atoms with Gasteiger partial charge in [-0.15, -0.1) is 0 Å². The van der Waals surface area contributed by atoms with Gasteiger partial charge in [0.1, 0.15) is 5.75 Å². The number of aliphatic hydroxyl groups is 1. The number of carbonyl (C=O) groups excluding carboxylic acids is 2. The zero-order chi connectivity index (χ0) is 22.1. The maximum Gasteiger partial charge on any atom is 0.410 e. The fraction of sp³-hybridized carbons (Fsp3) is 0.650. The Morgan fingerprint density at radius 1 is 1.37 bits per heavy atom. The molecule has 0 aromatic carbocycles. The maximum atomic E-state index is 12.0. The van der Waals surface area contributed by atoms with Crippen molar-refractivity contribution < 1.29 is 29.3 Å². The van der Waals surface area contributed by atoms with E-state index in [4.69, 9.17) is 9.47 Å². The van der Waals surface area contributed by atoms with Gasteiger partial charge in [-0.25, -0.2) is 4.79 Å². The topological polar surface area (TPSA) is 118 Å². The molecule has 2 rings (SSSR count). The number of amides is 1. The number of pyridine rings is 1. The van der Waals surface area contributed by atoms with E-state index in [0.29, 0.717) is 21.6 Å². The molecule has 0 saturated carbocycles. The highest BCUT2D eigenvalue weighted by molar-refractivity contribution is 8.77. The molecule has 1 saturated heterocycles. The summed E-state index contributed by atoms with van der Waals surface area (Å²) in [6.07, 6.45) is 3.87. The Kier molecular flexibility index (Phi) is 9.57. The van der Waals surface area contributed by atoms with E-state index in [9.17, 15) is 19.8 Å². The van der Waals surface area contributed by atoms with Crippen molar-refractivity contribution in [2.75, 3.05) is 5.75 Å². The molecule has 2 heterocycles. The summed E-state index contributed by atoms with van der Waals surface area (Å²) in [7, 11) is 3.84. The highest BCUT2D eigenvalue weighted by atomic mass is 33.1. The van der Waals surface area contributed by atoms with Crippen LogP contribution >= 0.6 is 21.6 Å². The van der Waals surface area contributed by atoms with Crippen LogP contribution in [-0.2, 0) is 27.4 Å². The molecular formula is C20H30N2O6S2. The Hall–Kier alpha value is -1.65. The Morgan fingerprint density at radius 2 is 2.13 bits per heavy atom. The number of unbranched alkanes of at least 4 members (excludes halogenated alkanes) is 1. The van der Waals surface area contributed by atoms with Crippen LogP contribution in [0.2, 0.25) is 0 Å². The lowest BCUT2D eigenvalue weighted by atomic mass is 9.99. The van der Waals surface area contributed by atoms with Gasteiger partial charge in [0.2, 0.25) is 6.29 Å². The molecule has 1 unspecified atom stereocenters. The van der Waals surface area contributed by atoms with Gasteiger partial charge in [-0.2, -0.15) is 0 Å². The van der Waals surface area contributed by atoms with Crippen molar-refractivity contribution in [3.8, 4) is 5.75 Å². The van der Waals surface area contributed by atoms with Crippen molar-refractivity contribution in [1.82, 2.24) is 10.3 Å². The summed E-state index contributed by atoms with van der Waals surface area (Å²) in [5, 5.41) is 21.9. The molecule has 0 bridgehead atoms. The van der Waals surface area contributed by atoms with Gasteiger partial charge in [0, 0.05) is 41.2 Å². The Balaban J connectivity index is 1.68. The Labute approximate surface area is 184 Å². The molecule has 10 heteroatoms. The van der Waals surface area contributed by atoms with Crippen LogP contribution in [0.1, 0.15) is 62.8 Å². The molecule has 3 N–H and O–H groups in total. The number of aliphatic hydroxyl groups excluding tert-OH is 1. The van der Waals surface area contributed by atoms with Gasteiger partial charge in [-0.05, 0) is 33.1 Å². The standard InChI is InChI=1S/C20H30N2O6S2/c1-13-18(25)16(15(12-23)10-21-13)11-22-19(26)28-14(2)27-17(24)6-4-5-7-20(3)8-9-29-30-20/h10,14,23,25H,4-9,11-12H2,1-3H3,(H,22,26)/t14?,20-/m1/s1. The quantitative estimate of drug-likeness (QED) is 0.208. The molecule has 2 atom stereocenters. The van der Waals surface area contributed by atoms with E-state index in [2.05, 4.69) is 17.2 Å². The first-order valence-electron chi connectivity index (χ1n) is 9.96. The van der Waals surface area contributed by atoms with Crippen LogP contribution in [0.15, 0.2) is 6.20 Å². The van der Waals surface area contributed by atoms with Gasteiger partial charge in [0.25, 0.3) is 0 Å². The van der Waals surface area contributed by atoms with Crippen molar-refractivity contribution in [2.24, 2.45) is 0 Å². The molecule has 1 aromatic heterocycles. The average molecular weight is 459 g/mol. The number of hydrogen-bond donors (Lipinski definition) is 3. The third-order valence-corrected chi connectivity index (χ3v) is 8.25. The minimum Gasteiger partial charge on any atom is -0.506 e. The van der Waals surface area contributed by atoms with Gasteiger partial charge in [-0.3, -0.25) is 9.78 Å². The van der Waals surface area contributed by atoms with Crippen molar-refractivity contribution in [3.05, 3.63) is 23.0 Å². The summed E-state index contributed by atoms with van der Waals surface area (Å²) in [6.45, 7) is 4.97. The first kappa shape index (κ1) is 24.6. The van der Waals surface area contributed by atoms with E-state index in [1.807, 2.05) is 21.6 Å². The summed E-state index contributed by atoms with van der Waals surface area (Å²) < 4.78 is 10.5. The fourth-order valence-electron chi connectivity index (χ4n) is 3.06. The number of alkyl carbamates (subject to hydrolysis) is 1. The third kappa shape index (κ3) is 7.55. The largest absolute Gasteiger partial charge is 0.506 e. The van der Waals surface area contributed by atoms with Gasteiger partial charge < -0.3 is 25.0 Å². The van der Waals surface area contributed by atoms with Crippen molar-refractivity contribution in [1.29, 1.82) is 0 Å². The van der Waals surface area contributed by atoms with Crippen LogP contribution in [-0.4, -0.2) is 44.0 Å². The summed E-state index contributed by atoms with van der Waals surface area (Å²) in [5.74, 6) is 0.686. The zero-order valence-electron chi connectivity index (χ0n) is 17.6. The lowest BCUT2D eigenvalue weighted by Crippen LogP contribution is -2.30. The van der Waals surface area contributed by atoms with E-state index in [-0.39, 0.29) is 25.3 Å². The fourth-order valence-corrected chi connectivity index (χ4v) is 6.35. The normalized spacial score (nSPS) is 19.3. The van der Waals surface area contributed by atoms with Gasteiger partial charge in [-0.1, -0.05) is 28.0 Å². The van der Waals surface area contributed by atoms with E-state index < -0.39 is 18.4 Å². The first-order chi connectivity index (χ1) is 14.2. The smallest absolute Gasteiger partial charge is 0.410 e. The highest BCUT2D eigenvalue weighted by Crippen LogP contribution is 2.49. The zero-order valence-corrected chi connectivity index (χ0v) is 19.2. The second-order valence-electron chi connectivity index (χ2n) is 7.48. The van der Waals surface area contributed by atoms with Crippen LogP contribution in [0.3, 0.4) is 0 Å². The number of nitrogens with one attached hydrogen (secondary N) is 1.